The van der Waals surface area contributed by atoms with Crippen molar-refractivity contribution < 1.29 is 18.0 Å². The Balaban J connectivity index is 2.02. The normalized spacial score (nSPS) is 17.3. The zero-order valence-electron chi connectivity index (χ0n) is 12.3. The van der Waals surface area contributed by atoms with Crippen LogP contribution >= 0.6 is 15.9 Å². The van der Waals surface area contributed by atoms with Crippen LogP contribution < -0.4 is 5.32 Å². The summed E-state index contributed by atoms with van der Waals surface area (Å²) in [5.74, 6) is -0.293. The molecule has 0 radical (unpaired) electrons. The molecule has 2 rings (SSSR count). The third-order valence-electron chi connectivity index (χ3n) is 3.92. The van der Waals surface area contributed by atoms with Crippen LogP contribution in [0, 0.1) is 6.92 Å². The molecule has 1 aromatic rings. The minimum Gasteiger partial charge on any atom is -0.352 e. The second-order valence-electron chi connectivity index (χ2n) is 5.66. The van der Waals surface area contributed by atoms with Crippen molar-refractivity contribution in [1.82, 2.24) is 15.1 Å². The van der Waals surface area contributed by atoms with E-state index >= 15 is 0 Å². The van der Waals surface area contributed by atoms with Crippen LogP contribution in [0.3, 0.4) is 0 Å². The quantitative estimate of drug-likeness (QED) is 0.809. The van der Waals surface area contributed by atoms with Gasteiger partial charge in [0.05, 0.1) is 10.2 Å². The Morgan fingerprint density at radius 1 is 1.32 bits per heavy atom. The van der Waals surface area contributed by atoms with Crippen LogP contribution in [0.5, 0.6) is 0 Å². The van der Waals surface area contributed by atoms with Crippen molar-refractivity contribution in [2.75, 3.05) is 0 Å². The largest absolute Gasteiger partial charge is 0.436 e. The van der Waals surface area contributed by atoms with Gasteiger partial charge in [-0.25, -0.2) is 0 Å². The summed E-state index contributed by atoms with van der Waals surface area (Å²) >= 11 is 2.90. The van der Waals surface area contributed by atoms with Crippen molar-refractivity contribution in [3.63, 3.8) is 0 Å². The fraction of sp³-hybridized carbons (Fsp3) is 0.714. The Kier molecular flexibility index (Phi) is 5.52. The maximum absolute atomic E-state index is 12.8. The molecule has 0 atom stereocenters. The summed E-state index contributed by atoms with van der Waals surface area (Å²) in [6.45, 7) is 1.31. The number of halogens is 4. The van der Waals surface area contributed by atoms with Crippen molar-refractivity contribution in [1.29, 1.82) is 0 Å². The molecule has 22 heavy (non-hydrogen) atoms. The molecule has 4 nitrogen and oxygen atoms in total. The lowest BCUT2D eigenvalue weighted by Crippen LogP contribution is -2.37. The van der Waals surface area contributed by atoms with Crippen molar-refractivity contribution in [2.24, 2.45) is 0 Å². The van der Waals surface area contributed by atoms with E-state index < -0.39 is 11.9 Å². The average molecular weight is 382 g/mol. The third-order valence-corrected chi connectivity index (χ3v) is 4.86. The summed E-state index contributed by atoms with van der Waals surface area (Å²) in [5.41, 5.74) is -0.699. The van der Waals surface area contributed by atoms with Gasteiger partial charge in [0.1, 0.15) is 6.54 Å². The molecule has 1 aliphatic carbocycles. The molecule has 8 heteroatoms. The molecule has 124 valence electrons. The molecule has 0 aliphatic heterocycles. The first-order valence-corrected chi connectivity index (χ1v) is 8.18. The van der Waals surface area contributed by atoms with E-state index in [0.29, 0.717) is 5.69 Å². The van der Waals surface area contributed by atoms with E-state index in [1.165, 1.54) is 19.8 Å². The third kappa shape index (κ3) is 4.24. The van der Waals surface area contributed by atoms with Crippen molar-refractivity contribution in [3.05, 3.63) is 15.9 Å². The number of carbonyl (C=O) groups excluding carboxylic acids is 1. The van der Waals surface area contributed by atoms with Crippen molar-refractivity contribution in [3.8, 4) is 0 Å². The highest BCUT2D eigenvalue weighted by Gasteiger charge is 2.38. The number of hydrogen-bond donors (Lipinski definition) is 1. The average Bonchev–Trinajstić information content (AvgIpc) is 2.63. The van der Waals surface area contributed by atoms with E-state index in [-0.39, 0.29) is 23.0 Å². The minimum absolute atomic E-state index is 0.109. The topological polar surface area (TPSA) is 46.9 Å². The predicted molar refractivity (Wildman–Crippen MR) is 79.3 cm³/mol. The lowest BCUT2D eigenvalue weighted by atomic mass is 10.1. The van der Waals surface area contributed by atoms with Crippen LogP contribution in [0.25, 0.3) is 0 Å². The summed E-state index contributed by atoms with van der Waals surface area (Å²) in [7, 11) is 0. The van der Waals surface area contributed by atoms with Crippen LogP contribution in [0.2, 0.25) is 0 Å². The first-order valence-electron chi connectivity index (χ1n) is 7.38. The Morgan fingerprint density at radius 3 is 2.41 bits per heavy atom. The highest BCUT2D eigenvalue weighted by atomic mass is 79.9. The van der Waals surface area contributed by atoms with E-state index in [0.717, 1.165) is 30.4 Å². The Hall–Kier alpha value is -1.05. The van der Waals surface area contributed by atoms with Crippen LogP contribution in [0.4, 0.5) is 13.2 Å². The van der Waals surface area contributed by atoms with Gasteiger partial charge < -0.3 is 5.32 Å². The lowest BCUT2D eigenvalue weighted by molar-refractivity contribution is -0.142. The number of rotatable bonds is 3. The van der Waals surface area contributed by atoms with Gasteiger partial charge in [-0.05, 0) is 35.7 Å². The number of carbonyl (C=O) groups is 1. The fourth-order valence-corrected chi connectivity index (χ4v) is 3.20. The molecule has 0 saturated heterocycles. The predicted octanol–water partition coefficient (Wildman–Crippen LogP) is 3.81. The second-order valence-corrected chi connectivity index (χ2v) is 6.45. The number of alkyl halides is 3. The monoisotopic (exact) mass is 381 g/mol. The summed E-state index contributed by atoms with van der Waals surface area (Å²) in [5, 5.41) is 6.42. The van der Waals surface area contributed by atoms with E-state index in [1.54, 1.807) is 0 Å². The van der Waals surface area contributed by atoms with Gasteiger partial charge in [-0.15, -0.1) is 0 Å². The molecule has 1 fully saturated rings. The van der Waals surface area contributed by atoms with E-state index in [9.17, 15) is 18.0 Å². The van der Waals surface area contributed by atoms with Crippen molar-refractivity contribution in [2.45, 2.75) is 64.2 Å². The van der Waals surface area contributed by atoms with Gasteiger partial charge in [0, 0.05) is 6.04 Å². The van der Waals surface area contributed by atoms with Gasteiger partial charge in [0.25, 0.3) is 0 Å². The van der Waals surface area contributed by atoms with E-state index in [1.807, 2.05) is 0 Å². The number of nitrogens with zero attached hydrogens (tertiary/aromatic N) is 2. The molecular formula is C14H19BrF3N3O. The molecule has 0 bridgehead atoms. The summed E-state index contributed by atoms with van der Waals surface area (Å²) in [6.07, 6.45) is 1.83. The van der Waals surface area contributed by atoms with Gasteiger partial charge in [0.15, 0.2) is 5.69 Å². The van der Waals surface area contributed by atoms with E-state index in [2.05, 4.69) is 26.3 Å². The number of hydrogen-bond acceptors (Lipinski definition) is 2. The fourth-order valence-electron chi connectivity index (χ4n) is 2.69. The number of nitrogens with one attached hydrogen (secondary N) is 1. The molecule has 0 spiro atoms. The summed E-state index contributed by atoms with van der Waals surface area (Å²) < 4.78 is 39.4. The highest BCUT2D eigenvalue weighted by molar-refractivity contribution is 9.10. The van der Waals surface area contributed by atoms with Gasteiger partial charge in [-0.1, -0.05) is 25.7 Å². The summed E-state index contributed by atoms with van der Waals surface area (Å²) in [4.78, 5) is 12.0. The Bertz CT molecular complexity index is 534. The van der Waals surface area contributed by atoms with Crippen LogP contribution in [0.15, 0.2) is 4.47 Å². The van der Waals surface area contributed by atoms with E-state index in [4.69, 9.17) is 0 Å². The van der Waals surface area contributed by atoms with Gasteiger partial charge >= 0.3 is 6.18 Å². The molecule has 1 amide bonds. The SMILES string of the molecule is Cc1c(Br)c(C(F)(F)F)nn1CC(=O)NC1CCCCCC1. The van der Waals surface area contributed by atoms with Crippen LogP contribution in [-0.4, -0.2) is 21.7 Å². The molecule has 1 N–H and O–H groups in total. The van der Waals surface area contributed by atoms with Gasteiger partial charge in [0.2, 0.25) is 5.91 Å². The summed E-state index contributed by atoms with van der Waals surface area (Å²) in [6, 6.07) is 0.122. The number of aromatic nitrogens is 2. The zero-order valence-corrected chi connectivity index (χ0v) is 13.9. The lowest BCUT2D eigenvalue weighted by Gasteiger charge is -2.16. The number of amides is 1. The Labute approximate surface area is 135 Å². The maximum Gasteiger partial charge on any atom is 0.436 e. The molecule has 1 aromatic heterocycles. The standard InChI is InChI=1S/C14H19BrF3N3O/c1-9-12(15)13(14(16,17)18)20-21(9)8-11(22)19-10-6-4-2-3-5-7-10/h10H,2-8H2,1H3,(H,19,22). The molecule has 0 aromatic carbocycles. The second kappa shape index (κ2) is 7.02. The molecule has 1 saturated carbocycles. The van der Waals surface area contributed by atoms with Crippen LogP contribution in [0.1, 0.15) is 49.9 Å². The highest BCUT2D eigenvalue weighted by Crippen LogP contribution is 2.35. The van der Waals surface area contributed by atoms with Crippen LogP contribution in [-0.2, 0) is 17.5 Å². The Morgan fingerprint density at radius 2 is 1.91 bits per heavy atom. The maximum atomic E-state index is 12.8. The zero-order chi connectivity index (χ0) is 16.3. The molecule has 1 aliphatic rings. The molecule has 0 unspecified atom stereocenters. The first kappa shape index (κ1) is 17.3. The minimum atomic E-state index is -4.54. The van der Waals surface area contributed by atoms with Crippen molar-refractivity contribution >= 4 is 21.8 Å². The van der Waals surface area contributed by atoms with Gasteiger partial charge in [-0.3, -0.25) is 9.48 Å². The molecular weight excluding hydrogens is 363 g/mol. The first-order chi connectivity index (χ1) is 10.3. The van der Waals surface area contributed by atoms with Gasteiger partial charge in [-0.2, -0.15) is 18.3 Å². The smallest absolute Gasteiger partial charge is 0.352 e. The molecule has 1 heterocycles.